The lowest BCUT2D eigenvalue weighted by Gasteiger charge is -2.22. The van der Waals surface area contributed by atoms with Gasteiger partial charge >= 0.3 is 5.97 Å². The summed E-state index contributed by atoms with van der Waals surface area (Å²) >= 11 is 8.05. The summed E-state index contributed by atoms with van der Waals surface area (Å²) in [6.07, 6.45) is 0. The number of hydrogen-bond donors (Lipinski definition) is 1. The number of aliphatic carboxylic acids is 1. The van der Waals surface area contributed by atoms with Gasteiger partial charge in [-0.25, -0.2) is 4.68 Å². The molecule has 1 unspecified atom stereocenters. The summed E-state index contributed by atoms with van der Waals surface area (Å²) in [5.41, 5.74) is 3.90. The van der Waals surface area contributed by atoms with Gasteiger partial charge in [0.1, 0.15) is 12.4 Å². The summed E-state index contributed by atoms with van der Waals surface area (Å²) in [6, 6.07) is 26.7. The Bertz CT molecular complexity index is 1360. The van der Waals surface area contributed by atoms with Crippen molar-refractivity contribution in [1.82, 2.24) is 9.78 Å². The first-order chi connectivity index (χ1) is 16.5. The van der Waals surface area contributed by atoms with E-state index >= 15 is 0 Å². The van der Waals surface area contributed by atoms with Gasteiger partial charge in [0.05, 0.1) is 22.4 Å². The Morgan fingerprint density at radius 3 is 2.32 bits per heavy atom. The van der Waals surface area contributed by atoms with Crippen LogP contribution in [-0.4, -0.2) is 39.1 Å². The van der Waals surface area contributed by atoms with Gasteiger partial charge in [0, 0.05) is 16.1 Å². The molecule has 34 heavy (non-hydrogen) atoms. The predicted octanol–water partition coefficient (Wildman–Crippen LogP) is 5.45. The van der Waals surface area contributed by atoms with E-state index in [0.717, 1.165) is 22.4 Å². The fourth-order valence-corrected chi connectivity index (χ4v) is 5.69. The average molecular weight is 490 g/mol. The van der Waals surface area contributed by atoms with Crippen LogP contribution >= 0.6 is 23.4 Å². The summed E-state index contributed by atoms with van der Waals surface area (Å²) in [6.45, 7) is -0.464. The number of aromatic nitrogens is 2. The second-order valence-electron chi connectivity index (χ2n) is 7.79. The SMILES string of the molecule is O=C(O)CN1C(=O)CSC(c2ccccc2Cl)c2c(-c3ccccc3)nn(-c3ccccc3)c21. The zero-order valence-electron chi connectivity index (χ0n) is 18.0. The van der Waals surface area contributed by atoms with Crippen LogP contribution in [-0.2, 0) is 9.59 Å². The Balaban J connectivity index is 1.86. The molecule has 0 bridgehead atoms. The standard InChI is InChI=1S/C26H20ClN3O3S/c27-20-14-8-7-13-19(20)25-23-24(17-9-3-1-4-10-17)28-30(18-11-5-2-6-12-18)26(23)29(15-22(32)33)21(31)16-34-25/h1-14,25H,15-16H2,(H,32,33). The second kappa shape index (κ2) is 9.37. The van der Waals surface area contributed by atoms with Crippen molar-refractivity contribution < 1.29 is 14.7 Å². The number of rotatable bonds is 5. The molecule has 0 spiro atoms. The Kier molecular flexibility index (Phi) is 6.13. The number of carbonyl (C=O) groups is 2. The van der Waals surface area contributed by atoms with Crippen molar-refractivity contribution in [1.29, 1.82) is 0 Å². The predicted molar refractivity (Wildman–Crippen MR) is 135 cm³/mol. The molecule has 1 aliphatic heterocycles. The maximum Gasteiger partial charge on any atom is 0.323 e. The number of para-hydroxylation sites is 1. The van der Waals surface area contributed by atoms with Gasteiger partial charge in [0.15, 0.2) is 0 Å². The third-order valence-corrected chi connectivity index (χ3v) is 7.20. The van der Waals surface area contributed by atoms with Crippen molar-refractivity contribution in [3.05, 3.63) is 101 Å². The Morgan fingerprint density at radius 1 is 1.00 bits per heavy atom. The smallest absolute Gasteiger partial charge is 0.323 e. The van der Waals surface area contributed by atoms with Crippen molar-refractivity contribution in [2.24, 2.45) is 0 Å². The molecule has 1 aromatic heterocycles. The van der Waals surface area contributed by atoms with E-state index in [-0.39, 0.29) is 16.9 Å². The molecule has 0 saturated heterocycles. The fourth-order valence-electron chi connectivity index (χ4n) is 4.15. The number of benzene rings is 3. The van der Waals surface area contributed by atoms with Gasteiger partial charge in [0.2, 0.25) is 5.91 Å². The van der Waals surface area contributed by atoms with Gasteiger partial charge in [-0.1, -0.05) is 78.3 Å². The van der Waals surface area contributed by atoms with Crippen LogP contribution in [0.4, 0.5) is 5.82 Å². The van der Waals surface area contributed by atoms with Crippen LogP contribution in [0.5, 0.6) is 0 Å². The first-order valence-corrected chi connectivity index (χ1v) is 12.1. The van der Waals surface area contributed by atoms with Gasteiger partial charge in [-0.3, -0.25) is 14.5 Å². The average Bonchev–Trinajstić information content (AvgIpc) is 3.18. The highest BCUT2D eigenvalue weighted by Crippen LogP contribution is 2.49. The molecule has 0 saturated carbocycles. The van der Waals surface area contributed by atoms with Crippen molar-refractivity contribution in [3.8, 4) is 16.9 Å². The van der Waals surface area contributed by atoms with Crippen LogP contribution in [0.3, 0.4) is 0 Å². The van der Waals surface area contributed by atoms with Gasteiger partial charge < -0.3 is 5.11 Å². The minimum atomic E-state index is -1.09. The molecule has 8 heteroatoms. The zero-order valence-corrected chi connectivity index (χ0v) is 19.5. The van der Waals surface area contributed by atoms with Crippen LogP contribution in [0, 0.1) is 0 Å². The third kappa shape index (κ3) is 4.08. The van der Waals surface area contributed by atoms with Crippen LogP contribution in [0.1, 0.15) is 16.4 Å². The number of amides is 1. The number of thioether (sulfide) groups is 1. The summed E-state index contributed by atoms with van der Waals surface area (Å²) in [5.74, 6) is -0.823. The minimum Gasteiger partial charge on any atom is -0.480 e. The topological polar surface area (TPSA) is 75.4 Å². The van der Waals surface area contributed by atoms with Crippen molar-refractivity contribution in [3.63, 3.8) is 0 Å². The molecule has 1 aliphatic rings. The van der Waals surface area contributed by atoms with Gasteiger partial charge in [-0.2, -0.15) is 5.10 Å². The maximum absolute atomic E-state index is 13.3. The lowest BCUT2D eigenvalue weighted by atomic mass is 9.99. The highest BCUT2D eigenvalue weighted by atomic mass is 35.5. The number of carboxylic acids is 1. The summed E-state index contributed by atoms with van der Waals surface area (Å²) in [7, 11) is 0. The molecule has 6 nitrogen and oxygen atoms in total. The number of hydrogen-bond acceptors (Lipinski definition) is 4. The van der Waals surface area contributed by atoms with Crippen LogP contribution in [0.2, 0.25) is 5.02 Å². The van der Waals surface area contributed by atoms with Gasteiger partial charge in [-0.15, -0.1) is 11.8 Å². The van der Waals surface area contributed by atoms with E-state index in [1.165, 1.54) is 16.7 Å². The molecular weight excluding hydrogens is 470 g/mol. The quantitative estimate of drug-likeness (QED) is 0.403. The first-order valence-electron chi connectivity index (χ1n) is 10.7. The maximum atomic E-state index is 13.3. The molecular formula is C26H20ClN3O3S. The van der Waals surface area contributed by atoms with Gasteiger partial charge in [0.25, 0.3) is 0 Å². The summed E-state index contributed by atoms with van der Waals surface area (Å²) in [4.78, 5) is 26.4. The van der Waals surface area contributed by atoms with Crippen molar-refractivity contribution >= 4 is 41.1 Å². The number of nitrogens with zero attached hydrogens (tertiary/aromatic N) is 3. The number of carboxylic acid groups (broad SMARTS) is 1. The van der Waals surface area contributed by atoms with E-state index in [4.69, 9.17) is 16.7 Å². The van der Waals surface area contributed by atoms with Gasteiger partial charge in [-0.05, 0) is 23.8 Å². The molecule has 0 radical (unpaired) electrons. The number of fused-ring (bicyclic) bond motifs is 1. The van der Waals surface area contributed by atoms with E-state index in [1.807, 2.05) is 84.9 Å². The summed E-state index contributed by atoms with van der Waals surface area (Å²) < 4.78 is 1.67. The van der Waals surface area contributed by atoms with E-state index < -0.39 is 12.5 Å². The molecule has 4 aromatic rings. The molecule has 3 aromatic carbocycles. The summed E-state index contributed by atoms with van der Waals surface area (Å²) in [5, 5.41) is 14.9. The molecule has 5 rings (SSSR count). The molecule has 1 atom stereocenters. The Morgan fingerprint density at radius 2 is 1.65 bits per heavy atom. The number of halogens is 1. The van der Waals surface area contributed by atoms with Crippen LogP contribution in [0.25, 0.3) is 16.9 Å². The molecule has 2 heterocycles. The fraction of sp³-hybridized carbons (Fsp3) is 0.115. The monoisotopic (exact) mass is 489 g/mol. The van der Waals surface area contributed by atoms with Crippen LogP contribution < -0.4 is 4.90 Å². The van der Waals surface area contributed by atoms with Crippen molar-refractivity contribution in [2.75, 3.05) is 17.2 Å². The Hall–Kier alpha value is -3.55. The zero-order chi connectivity index (χ0) is 23.7. The van der Waals surface area contributed by atoms with Crippen molar-refractivity contribution in [2.45, 2.75) is 5.25 Å². The highest BCUT2D eigenvalue weighted by Gasteiger charge is 2.38. The van der Waals surface area contributed by atoms with E-state index in [0.29, 0.717) is 16.5 Å². The second-order valence-corrected chi connectivity index (χ2v) is 9.29. The minimum absolute atomic E-state index is 0.112. The molecule has 1 amide bonds. The molecule has 0 fully saturated rings. The van der Waals surface area contributed by atoms with E-state index in [2.05, 4.69) is 0 Å². The Labute approximate surface area is 205 Å². The van der Waals surface area contributed by atoms with E-state index in [1.54, 1.807) is 4.68 Å². The molecule has 1 N–H and O–H groups in total. The number of carbonyl (C=O) groups excluding carboxylic acids is 1. The number of anilines is 1. The largest absolute Gasteiger partial charge is 0.480 e. The first kappa shape index (κ1) is 22.3. The lowest BCUT2D eigenvalue weighted by molar-refractivity contribution is -0.136. The normalized spacial score (nSPS) is 15.6. The third-order valence-electron chi connectivity index (χ3n) is 5.62. The van der Waals surface area contributed by atoms with Crippen LogP contribution in [0.15, 0.2) is 84.9 Å². The molecule has 170 valence electrons. The highest BCUT2D eigenvalue weighted by molar-refractivity contribution is 8.00. The molecule has 0 aliphatic carbocycles. The van der Waals surface area contributed by atoms with E-state index in [9.17, 15) is 14.7 Å². The lowest BCUT2D eigenvalue weighted by Crippen LogP contribution is -2.38.